The molecule has 0 heterocycles. The van der Waals surface area contributed by atoms with E-state index in [0.717, 1.165) is 108 Å². The monoisotopic (exact) mass is 1270 g/mol. The van der Waals surface area contributed by atoms with Gasteiger partial charge in [-0.25, -0.2) is 9.13 Å². The Hall–Kier alpha value is -1.94. The Morgan fingerprint density at radius 1 is 0.337 bits per heavy atom. The van der Waals surface area contributed by atoms with Gasteiger partial charge in [0.2, 0.25) is 0 Å². The fourth-order valence-electron chi connectivity index (χ4n) is 9.95. The van der Waals surface area contributed by atoms with Gasteiger partial charge in [-0.1, -0.05) is 280 Å². The van der Waals surface area contributed by atoms with Crippen molar-refractivity contribution in [2.24, 2.45) is 17.8 Å². The maximum atomic E-state index is 13.0. The molecule has 19 heteroatoms. The molecule has 0 fully saturated rings. The number of unbranched alkanes of at least 4 members (excludes halogenated alkanes) is 31. The summed E-state index contributed by atoms with van der Waals surface area (Å²) in [7, 11) is -9.89. The van der Waals surface area contributed by atoms with Gasteiger partial charge in [-0.05, 0) is 43.4 Å². The first-order valence-electron chi connectivity index (χ1n) is 34.9. The van der Waals surface area contributed by atoms with E-state index in [4.69, 9.17) is 37.0 Å². The maximum absolute atomic E-state index is 13.0. The number of phosphoric acid groups is 2. The zero-order valence-electron chi connectivity index (χ0n) is 55.8. The molecule has 3 N–H and O–H groups in total. The summed E-state index contributed by atoms with van der Waals surface area (Å²) in [5, 5.41) is 10.6. The molecule has 510 valence electrons. The summed E-state index contributed by atoms with van der Waals surface area (Å²) >= 11 is 0. The van der Waals surface area contributed by atoms with Crippen LogP contribution in [0.25, 0.3) is 0 Å². The zero-order chi connectivity index (χ0) is 63.8. The van der Waals surface area contributed by atoms with Crippen molar-refractivity contribution in [3.05, 3.63) is 0 Å². The van der Waals surface area contributed by atoms with Crippen LogP contribution < -0.4 is 0 Å². The predicted molar refractivity (Wildman–Crippen MR) is 344 cm³/mol. The predicted octanol–water partition coefficient (Wildman–Crippen LogP) is 18.7. The highest BCUT2D eigenvalue weighted by atomic mass is 31.2. The Labute approximate surface area is 524 Å². The van der Waals surface area contributed by atoms with E-state index < -0.39 is 97.5 Å². The topological polar surface area (TPSA) is 237 Å². The fraction of sp³-hybridized carbons (Fsp3) is 0.940. The van der Waals surface area contributed by atoms with Gasteiger partial charge >= 0.3 is 39.5 Å². The number of hydrogen-bond acceptors (Lipinski definition) is 15. The molecule has 0 spiro atoms. The van der Waals surface area contributed by atoms with E-state index in [1.807, 2.05) is 0 Å². The second-order valence-electron chi connectivity index (χ2n) is 25.2. The summed E-state index contributed by atoms with van der Waals surface area (Å²) < 4.78 is 68.1. The molecule has 0 aliphatic rings. The molecule has 0 rings (SSSR count). The second kappa shape index (κ2) is 58.2. The number of rotatable bonds is 65. The molecule has 0 saturated carbocycles. The van der Waals surface area contributed by atoms with Crippen molar-refractivity contribution >= 4 is 39.5 Å². The highest BCUT2D eigenvalue weighted by Gasteiger charge is 2.30. The molecular weight excluding hydrogens is 1140 g/mol. The number of aliphatic hydroxyl groups excluding tert-OH is 1. The van der Waals surface area contributed by atoms with Crippen molar-refractivity contribution in [2.45, 2.75) is 349 Å². The fourth-order valence-corrected chi connectivity index (χ4v) is 11.5. The van der Waals surface area contributed by atoms with E-state index in [1.54, 1.807) is 0 Å². The van der Waals surface area contributed by atoms with Gasteiger partial charge in [-0.3, -0.25) is 37.3 Å². The normalized spacial score (nSPS) is 14.9. The molecule has 0 radical (unpaired) electrons. The van der Waals surface area contributed by atoms with Crippen LogP contribution in [0.4, 0.5) is 0 Å². The van der Waals surface area contributed by atoms with Crippen molar-refractivity contribution < 1.29 is 80.2 Å². The van der Waals surface area contributed by atoms with E-state index in [2.05, 4.69) is 48.5 Å². The van der Waals surface area contributed by atoms with Crippen LogP contribution >= 0.6 is 15.6 Å². The van der Waals surface area contributed by atoms with Crippen LogP contribution in [0.1, 0.15) is 331 Å². The number of carbonyl (C=O) groups excluding carboxylic acids is 4. The molecule has 0 aliphatic carbocycles. The van der Waals surface area contributed by atoms with Gasteiger partial charge in [0.25, 0.3) is 0 Å². The van der Waals surface area contributed by atoms with E-state index in [0.29, 0.717) is 25.7 Å². The van der Waals surface area contributed by atoms with Gasteiger partial charge < -0.3 is 33.8 Å². The first-order chi connectivity index (χ1) is 41.3. The molecule has 0 bridgehead atoms. The van der Waals surface area contributed by atoms with Crippen LogP contribution in [0.5, 0.6) is 0 Å². The third-order valence-corrected chi connectivity index (χ3v) is 18.0. The molecule has 4 unspecified atom stereocenters. The van der Waals surface area contributed by atoms with Crippen LogP contribution in [0, 0.1) is 17.8 Å². The lowest BCUT2D eigenvalue weighted by Crippen LogP contribution is -2.30. The highest BCUT2D eigenvalue weighted by molar-refractivity contribution is 7.47. The Balaban J connectivity index is 5.26. The van der Waals surface area contributed by atoms with Gasteiger partial charge in [-0.15, -0.1) is 0 Å². The van der Waals surface area contributed by atoms with E-state index in [-0.39, 0.29) is 25.7 Å². The molecule has 0 aliphatic heterocycles. The van der Waals surface area contributed by atoms with Crippen molar-refractivity contribution in [1.82, 2.24) is 0 Å². The summed E-state index contributed by atoms with van der Waals surface area (Å²) in [4.78, 5) is 72.4. The minimum Gasteiger partial charge on any atom is -0.462 e. The first-order valence-corrected chi connectivity index (χ1v) is 37.9. The van der Waals surface area contributed by atoms with Gasteiger partial charge in [0.05, 0.1) is 26.4 Å². The lowest BCUT2D eigenvalue weighted by molar-refractivity contribution is -0.161. The van der Waals surface area contributed by atoms with Crippen LogP contribution in [0.3, 0.4) is 0 Å². The maximum Gasteiger partial charge on any atom is 0.472 e. The van der Waals surface area contributed by atoms with Crippen LogP contribution in [0.2, 0.25) is 0 Å². The molecule has 0 aromatic heterocycles. The largest absolute Gasteiger partial charge is 0.472 e. The number of phosphoric ester groups is 2. The Bertz CT molecular complexity index is 1700. The van der Waals surface area contributed by atoms with E-state index >= 15 is 0 Å². The minimum absolute atomic E-state index is 0.104. The van der Waals surface area contributed by atoms with Crippen molar-refractivity contribution in [2.75, 3.05) is 39.6 Å². The smallest absolute Gasteiger partial charge is 0.462 e. The standard InChI is InChI=1S/C67H130O17P2/c1-8-11-12-13-14-17-27-34-41-48-64(69)77-54-63(84-67(72)51-44-37-30-23-21-26-33-40-47-60(7)10-3)57-82-86(75,76)80-53-61(68)52-79-85(73,74)81-56-62(55-78-65(70)49-42-35-28-22-20-25-32-39-46-59(6)9-2)83-66(71)50-43-36-29-19-16-15-18-24-31-38-45-58(4)5/h58-63,68H,8-57H2,1-7H3,(H,73,74)(H,75,76)/t59?,60?,61-,62-,63-/m1/s1. The molecule has 0 saturated heterocycles. The SMILES string of the molecule is CCCCCCCCCCCC(=O)OC[C@H](COP(=O)(O)OC[C@H](O)COP(=O)(O)OC[C@@H](COC(=O)CCCCCCCCCCC(C)CC)OC(=O)CCCCCCCCCCCCC(C)C)OC(=O)CCCCCCCCCCC(C)CC. The average Bonchev–Trinajstić information content (AvgIpc) is 3.63. The van der Waals surface area contributed by atoms with Gasteiger partial charge in [-0.2, -0.15) is 0 Å². The molecule has 0 amide bonds. The quantitative estimate of drug-likeness (QED) is 0.0222. The molecule has 0 aromatic rings. The van der Waals surface area contributed by atoms with Gasteiger partial charge in [0.15, 0.2) is 12.2 Å². The highest BCUT2D eigenvalue weighted by Crippen LogP contribution is 2.45. The number of esters is 4. The lowest BCUT2D eigenvalue weighted by atomic mass is 9.99. The van der Waals surface area contributed by atoms with Crippen LogP contribution in [-0.4, -0.2) is 96.7 Å². The van der Waals surface area contributed by atoms with E-state index in [1.165, 1.54) is 141 Å². The third kappa shape index (κ3) is 58.4. The average molecular weight is 1270 g/mol. The lowest BCUT2D eigenvalue weighted by Gasteiger charge is -2.21. The summed E-state index contributed by atoms with van der Waals surface area (Å²) in [5.74, 6) is 0.166. The zero-order valence-corrected chi connectivity index (χ0v) is 57.6. The van der Waals surface area contributed by atoms with Gasteiger partial charge in [0.1, 0.15) is 19.3 Å². The van der Waals surface area contributed by atoms with Crippen LogP contribution in [0.15, 0.2) is 0 Å². The number of hydrogen-bond donors (Lipinski definition) is 3. The minimum atomic E-state index is -4.95. The van der Waals surface area contributed by atoms with Crippen LogP contribution in [-0.2, 0) is 65.4 Å². The Morgan fingerprint density at radius 3 is 0.884 bits per heavy atom. The third-order valence-electron chi connectivity index (χ3n) is 16.1. The number of carbonyl (C=O) groups is 4. The molecular formula is C67H130O17P2. The van der Waals surface area contributed by atoms with Gasteiger partial charge in [0, 0.05) is 25.7 Å². The second-order valence-corrected chi connectivity index (χ2v) is 28.1. The molecule has 7 atom stereocenters. The summed E-state index contributed by atoms with van der Waals surface area (Å²) in [6.07, 6.45) is 40.1. The molecule has 0 aromatic carbocycles. The summed E-state index contributed by atoms with van der Waals surface area (Å²) in [6.45, 7) is 11.8. The Kier molecular flexibility index (Phi) is 56.9. The van der Waals surface area contributed by atoms with Crippen molar-refractivity contribution in [3.63, 3.8) is 0 Å². The van der Waals surface area contributed by atoms with Crippen molar-refractivity contribution in [3.8, 4) is 0 Å². The van der Waals surface area contributed by atoms with E-state index in [9.17, 15) is 43.2 Å². The van der Waals surface area contributed by atoms with Crippen molar-refractivity contribution in [1.29, 1.82) is 0 Å². The Morgan fingerprint density at radius 2 is 0.593 bits per heavy atom. The first kappa shape index (κ1) is 84.1. The summed E-state index contributed by atoms with van der Waals surface area (Å²) in [6, 6.07) is 0. The number of ether oxygens (including phenoxy) is 4. The number of aliphatic hydroxyl groups is 1. The summed E-state index contributed by atoms with van der Waals surface area (Å²) in [5.41, 5.74) is 0. The molecule has 86 heavy (non-hydrogen) atoms. The molecule has 17 nitrogen and oxygen atoms in total.